The highest BCUT2D eigenvalue weighted by molar-refractivity contribution is 5.96. The van der Waals surface area contributed by atoms with Gasteiger partial charge in [0, 0.05) is 16.7 Å². The Morgan fingerprint density at radius 1 is 1.18 bits per heavy atom. The lowest BCUT2D eigenvalue weighted by molar-refractivity contribution is 0.0283. The lowest BCUT2D eigenvalue weighted by atomic mass is 9.86. The third-order valence-corrected chi connectivity index (χ3v) is 5.73. The van der Waals surface area contributed by atoms with Crippen LogP contribution in [-0.4, -0.2) is 33.5 Å². The SMILES string of the molecule is COc1ccc2c(c1C)C(=O)O[C@@H]2[C@@H]1NCCc2cc3c(c(OC)c21)OCO3. The smallest absolute Gasteiger partial charge is 0.339 e. The number of hydrogen-bond acceptors (Lipinski definition) is 7. The van der Waals surface area contributed by atoms with Crippen LogP contribution in [0.4, 0.5) is 0 Å². The van der Waals surface area contributed by atoms with Crippen molar-refractivity contribution in [2.75, 3.05) is 27.6 Å². The number of rotatable bonds is 3. The first-order valence-electron chi connectivity index (χ1n) is 9.25. The van der Waals surface area contributed by atoms with Crippen molar-refractivity contribution in [1.29, 1.82) is 0 Å². The molecule has 0 aliphatic carbocycles. The lowest BCUT2D eigenvalue weighted by Crippen LogP contribution is -2.34. The standard InChI is InChI=1S/C21H21NO6/c1-10-13(24-2)5-4-12-15(10)21(23)28-18(12)17-16-11(6-7-22-17)8-14-19(20(16)25-3)27-9-26-14/h4-5,8,17-18,22H,6-7,9H2,1-3H3/t17-,18+/m1/s1. The minimum atomic E-state index is -0.458. The van der Waals surface area contributed by atoms with Gasteiger partial charge in [0.25, 0.3) is 0 Å². The summed E-state index contributed by atoms with van der Waals surface area (Å²) in [4.78, 5) is 12.7. The number of hydrogen-bond donors (Lipinski definition) is 1. The van der Waals surface area contributed by atoms with Gasteiger partial charge in [-0.25, -0.2) is 4.79 Å². The third-order valence-electron chi connectivity index (χ3n) is 5.73. The molecule has 2 atom stereocenters. The molecule has 3 heterocycles. The van der Waals surface area contributed by atoms with Crippen molar-refractivity contribution < 1.29 is 28.5 Å². The first kappa shape index (κ1) is 17.2. The van der Waals surface area contributed by atoms with Gasteiger partial charge in [0.05, 0.1) is 25.8 Å². The minimum absolute atomic E-state index is 0.174. The van der Waals surface area contributed by atoms with Crippen LogP contribution in [0.5, 0.6) is 23.0 Å². The van der Waals surface area contributed by atoms with Crippen molar-refractivity contribution in [3.05, 3.63) is 46.0 Å². The van der Waals surface area contributed by atoms with E-state index in [-0.39, 0.29) is 18.8 Å². The first-order valence-corrected chi connectivity index (χ1v) is 9.25. The summed E-state index contributed by atoms with van der Waals surface area (Å²) in [6.45, 7) is 2.81. The monoisotopic (exact) mass is 383 g/mol. The van der Waals surface area contributed by atoms with Crippen LogP contribution in [0.15, 0.2) is 18.2 Å². The van der Waals surface area contributed by atoms with E-state index in [2.05, 4.69) is 5.32 Å². The zero-order valence-corrected chi connectivity index (χ0v) is 16.0. The maximum absolute atomic E-state index is 12.7. The Balaban J connectivity index is 1.65. The predicted octanol–water partition coefficient (Wildman–Crippen LogP) is 2.84. The van der Waals surface area contributed by atoms with Gasteiger partial charge in [-0.2, -0.15) is 0 Å². The Labute approximate surface area is 162 Å². The molecule has 0 amide bonds. The van der Waals surface area contributed by atoms with Gasteiger partial charge in [-0.1, -0.05) is 6.07 Å². The van der Waals surface area contributed by atoms with E-state index in [0.717, 1.165) is 35.2 Å². The van der Waals surface area contributed by atoms with Gasteiger partial charge in [-0.05, 0) is 37.6 Å². The second-order valence-corrected chi connectivity index (χ2v) is 7.08. The van der Waals surface area contributed by atoms with E-state index >= 15 is 0 Å². The van der Waals surface area contributed by atoms with Gasteiger partial charge in [-0.3, -0.25) is 0 Å². The summed E-state index contributed by atoms with van der Waals surface area (Å²) >= 11 is 0. The quantitative estimate of drug-likeness (QED) is 0.817. The summed E-state index contributed by atoms with van der Waals surface area (Å²) in [5.41, 5.74) is 4.30. The number of esters is 1. The van der Waals surface area contributed by atoms with Gasteiger partial charge in [-0.15, -0.1) is 0 Å². The zero-order valence-electron chi connectivity index (χ0n) is 16.0. The fraction of sp³-hybridized carbons (Fsp3) is 0.381. The van der Waals surface area contributed by atoms with Gasteiger partial charge in [0.15, 0.2) is 11.5 Å². The van der Waals surface area contributed by atoms with Crippen LogP contribution in [-0.2, 0) is 11.2 Å². The fourth-order valence-corrected chi connectivity index (χ4v) is 4.48. The molecular weight excluding hydrogens is 362 g/mol. The van der Waals surface area contributed by atoms with Crippen LogP contribution in [0.25, 0.3) is 0 Å². The summed E-state index contributed by atoms with van der Waals surface area (Å²) < 4.78 is 28.1. The molecule has 0 saturated heterocycles. The van der Waals surface area contributed by atoms with E-state index in [1.807, 2.05) is 25.1 Å². The molecule has 7 heteroatoms. The predicted molar refractivity (Wildman–Crippen MR) is 99.5 cm³/mol. The number of nitrogens with one attached hydrogen (secondary N) is 1. The lowest BCUT2D eigenvalue weighted by Gasteiger charge is -2.32. The number of carbonyl (C=O) groups is 1. The second-order valence-electron chi connectivity index (χ2n) is 7.08. The van der Waals surface area contributed by atoms with E-state index in [1.54, 1.807) is 14.2 Å². The normalized spacial score (nSPS) is 21.8. The van der Waals surface area contributed by atoms with Gasteiger partial charge in [0.2, 0.25) is 12.5 Å². The average Bonchev–Trinajstić information content (AvgIpc) is 3.30. The molecule has 0 spiro atoms. The van der Waals surface area contributed by atoms with E-state index in [9.17, 15) is 4.79 Å². The summed E-state index contributed by atoms with van der Waals surface area (Å²) in [6.07, 6.45) is 0.369. The van der Waals surface area contributed by atoms with E-state index < -0.39 is 6.10 Å². The van der Waals surface area contributed by atoms with Crippen molar-refractivity contribution in [2.45, 2.75) is 25.5 Å². The largest absolute Gasteiger partial charge is 0.496 e. The maximum Gasteiger partial charge on any atom is 0.339 e. The molecule has 7 nitrogen and oxygen atoms in total. The molecule has 0 saturated carbocycles. The zero-order chi connectivity index (χ0) is 19.4. The van der Waals surface area contributed by atoms with Gasteiger partial charge < -0.3 is 29.0 Å². The van der Waals surface area contributed by atoms with Crippen LogP contribution < -0.4 is 24.3 Å². The third kappa shape index (κ3) is 2.29. The minimum Gasteiger partial charge on any atom is -0.496 e. The summed E-state index contributed by atoms with van der Waals surface area (Å²) in [7, 11) is 3.21. The van der Waals surface area contributed by atoms with Crippen LogP contribution in [0.3, 0.4) is 0 Å². The summed E-state index contributed by atoms with van der Waals surface area (Å²) in [5.74, 6) is 2.28. The fourth-order valence-electron chi connectivity index (χ4n) is 4.48. The van der Waals surface area contributed by atoms with E-state index in [0.29, 0.717) is 28.6 Å². The number of cyclic esters (lactones) is 1. The number of ether oxygens (including phenoxy) is 5. The Morgan fingerprint density at radius 2 is 2.04 bits per heavy atom. The van der Waals surface area contributed by atoms with Crippen molar-refractivity contribution in [3.63, 3.8) is 0 Å². The molecular formula is C21H21NO6. The molecule has 3 aliphatic heterocycles. The topological polar surface area (TPSA) is 75.3 Å². The molecule has 0 fully saturated rings. The molecule has 0 unspecified atom stereocenters. The maximum atomic E-state index is 12.7. The molecule has 2 aromatic rings. The van der Waals surface area contributed by atoms with Crippen LogP contribution >= 0.6 is 0 Å². The molecule has 1 N–H and O–H groups in total. The average molecular weight is 383 g/mol. The van der Waals surface area contributed by atoms with Gasteiger partial charge in [0.1, 0.15) is 11.9 Å². The number of methoxy groups -OCH3 is 2. The molecule has 5 rings (SSSR count). The molecule has 3 aliphatic rings. The Kier molecular flexibility index (Phi) is 3.87. The van der Waals surface area contributed by atoms with Crippen LogP contribution in [0.1, 0.15) is 44.8 Å². The first-order chi connectivity index (χ1) is 13.6. The molecule has 0 aromatic heterocycles. The summed E-state index contributed by atoms with van der Waals surface area (Å²) in [5, 5.41) is 3.51. The Hall–Kier alpha value is -2.93. The highest BCUT2D eigenvalue weighted by Crippen LogP contribution is 2.52. The van der Waals surface area contributed by atoms with Crippen LogP contribution in [0, 0.1) is 6.92 Å². The van der Waals surface area contributed by atoms with Crippen molar-refractivity contribution in [1.82, 2.24) is 5.32 Å². The number of benzene rings is 2. The number of carbonyl (C=O) groups excluding carboxylic acids is 1. The molecule has 2 aromatic carbocycles. The van der Waals surface area contributed by atoms with Crippen molar-refractivity contribution in [3.8, 4) is 23.0 Å². The number of fused-ring (bicyclic) bond motifs is 3. The Morgan fingerprint density at radius 3 is 2.82 bits per heavy atom. The van der Waals surface area contributed by atoms with Crippen LogP contribution in [0.2, 0.25) is 0 Å². The molecule has 0 radical (unpaired) electrons. The van der Waals surface area contributed by atoms with Gasteiger partial charge >= 0.3 is 5.97 Å². The van der Waals surface area contributed by atoms with E-state index in [4.69, 9.17) is 23.7 Å². The van der Waals surface area contributed by atoms with E-state index in [1.165, 1.54) is 0 Å². The van der Waals surface area contributed by atoms with Crippen molar-refractivity contribution >= 4 is 5.97 Å². The Bertz CT molecular complexity index is 986. The second kappa shape index (κ2) is 6.31. The summed E-state index contributed by atoms with van der Waals surface area (Å²) in [6, 6.07) is 5.55. The highest BCUT2D eigenvalue weighted by Gasteiger charge is 2.43. The van der Waals surface area contributed by atoms with Crippen molar-refractivity contribution in [2.24, 2.45) is 0 Å². The highest BCUT2D eigenvalue weighted by atomic mass is 16.7. The molecule has 0 bridgehead atoms. The molecule has 28 heavy (non-hydrogen) atoms. The molecule has 146 valence electrons.